The molecule has 0 radical (unpaired) electrons. The van der Waals surface area contributed by atoms with E-state index in [0.717, 1.165) is 51.8 Å². The van der Waals surface area contributed by atoms with Gasteiger partial charge < -0.3 is 15.5 Å². The number of nitrogens with zero attached hydrogens (tertiary/aromatic N) is 3. The molecule has 5 nitrogen and oxygen atoms in total. The van der Waals surface area contributed by atoms with Gasteiger partial charge in [-0.05, 0) is 31.3 Å². The monoisotopic (exact) mass is 351 g/mol. The fourth-order valence-corrected chi connectivity index (χ4v) is 3.67. The number of rotatable bonds is 7. The molecule has 1 saturated heterocycles. The molecule has 1 aromatic heterocycles. The van der Waals surface area contributed by atoms with Gasteiger partial charge in [0.05, 0.1) is 6.54 Å². The van der Waals surface area contributed by atoms with Crippen molar-refractivity contribution in [1.29, 1.82) is 0 Å². The van der Waals surface area contributed by atoms with Crippen molar-refractivity contribution in [2.24, 2.45) is 10.9 Å². The zero-order chi connectivity index (χ0) is 17.4. The summed E-state index contributed by atoms with van der Waals surface area (Å²) in [4.78, 5) is 11.1. The molecule has 1 unspecified atom stereocenters. The van der Waals surface area contributed by atoms with Crippen molar-refractivity contribution in [3.8, 4) is 0 Å². The molecular weight excluding hydrogens is 318 g/mol. The highest BCUT2D eigenvalue weighted by atomic mass is 32.1. The largest absolute Gasteiger partial charge is 0.357 e. The second-order valence-electron chi connectivity index (χ2n) is 6.81. The maximum absolute atomic E-state index is 4.72. The van der Waals surface area contributed by atoms with E-state index in [9.17, 15) is 0 Å². The molecule has 136 valence electrons. The van der Waals surface area contributed by atoms with Gasteiger partial charge in [0.15, 0.2) is 5.96 Å². The molecule has 0 spiro atoms. The number of guanidine groups is 1. The van der Waals surface area contributed by atoms with E-state index in [0.29, 0.717) is 12.0 Å². The summed E-state index contributed by atoms with van der Waals surface area (Å²) >= 11 is 1.76. The molecule has 1 fully saturated rings. The predicted molar refractivity (Wildman–Crippen MR) is 105 cm³/mol. The van der Waals surface area contributed by atoms with Crippen LogP contribution in [0.5, 0.6) is 0 Å². The van der Waals surface area contributed by atoms with Crippen LogP contribution >= 0.6 is 11.3 Å². The standard InChI is InChI=1S/C18H33N5S/c1-5-19-18(20-13-16-7-6-12-24-16)21-14-17(15(2)3)23-10-8-22(4)9-11-23/h6-7,12,15,17H,5,8-11,13-14H2,1-4H3,(H2,19,20,21). The van der Waals surface area contributed by atoms with Gasteiger partial charge in [0.25, 0.3) is 0 Å². The molecule has 0 saturated carbocycles. The molecule has 0 bridgehead atoms. The van der Waals surface area contributed by atoms with Crippen LogP contribution in [0.1, 0.15) is 25.6 Å². The quantitative estimate of drug-likeness (QED) is 0.583. The van der Waals surface area contributed by atoms with Gasteiger partial charge in [0, 0.05) is 50.2 Å². The molecule has 24 heavy (non-hydrogen) atoms. The van der Waals surface area contributed by atoms with Crippen molar-refractivity contribution in [2.45, 2.75) is 33.4 Å². The first-order valence-electron chi connectivity index (χ1n) is 9.07. The Kier molecular flexibility index (Phi) is 8.02. The molecule has 1 aromatic rings. The lowest BCUT2D eigenvalue weighted by atomic mass is 10.0. The van der Waals surface area contributed by atoms with E-state index in [1.165, 1.54) is 4.88 Å². The molecule has 1 aliphatic rings. The summed E-state index contributed by atoms with van der Waals surface area (Å²) in [5.41, 5.74) is 0. The predicted octanol–water partition coefficient (Wildman–Crippen LogP) is 2.08. The van der Waals surface area contributed by atoms with Gasteiger partial charge in [0.1, 0.15) is 0 Å². The molecule has 6 heteroatoms. The molecule has 2 N–H and O–H groups in total. The number of likely N-dealkylation sites (N-methyl/N-ethyl adjacent to an activating group) is 1. The van der Waals surface area contributed by atoms with E-state index < -0.39 is 0 Å². The zero-order valence-corrected chi connectivity index (χ0v) is 16.4. The van der Waals surface area contributed by atoms with Crippen LogP contribution < -0.4 is 10.6 Å². The Morgan fingerprint density at radius 1 is 1.25 bits per heavy atom. The number of hydrogen-bond acceptors (Lipinski definition) is 4. The summed E-state index contributed by atoms with van der Waals surface area (Å²) in [6.45, 7) is 14.0. The van der Waals surface area contributed by atoms with Gasteiger partial charge in [-0.1, -0.05) is 19.9 Å². The lowest BCUT2D eigenvalue weighted by molar-refractivity contribution is 0.0900. The third-order valence-corrected chi connectivity index (χ3v) is 5.43. The third kappa shape index (κ3) is 6.07. The summed E-state index contributed by atoms with van der Waals surface area (Å²) in [6, 6.07) is 4.76. The number of nitrogens with one attached hydrogen (secondary N) is 2. The molecule has 1 atom stereocenters. The second kappa shape index (κ2) is 10.0. The third-order valence-electron chi connectivity index (χ3n) is 4.57. The van der Waals surface area contributed by atoms with E-state index in [1.807, 2.05) is 0 Å². The Labute approximate surface area is 151 Å². The first-order chi connectivity index (χ1) is 11.6. The van der Waals surface area contributed by atoms with Crippen LogP contribution in [0.3, 0.4) is 0 Å². The lowest BCUT2D eigenvalue weighted by Crippen LogP contribution is -2.55. The number of thiophene rings is 1. The molecular formula is C18H33N5S. The van der Waals surface area contributed by atoms with Crippen LogP contribution in [-0.2, 0) is 6.54 Å². The Balaban J connectivity index is 1.90. The second-order valence-corrected chi connectivity index (χ2v) is 7.84. The Hall–Kier alpha value is -1.11. The molecule has 0 aliphatic carbocycles. The van der Waals surface area contributed by atoms with Crippen LogP contribution in [0, 0.1) is 5.92 Å². The van der Waals surface area contributed by atoms with Crippen molar-refractivity contribution >= 4 is 17.3 Å². The van der Waals surface area contributed by atoms with Crippen LogP contribution in [0.2, 0.25) is 0 Å². The van der Waals surface area contributed by atoms with E-state index in [2.05, 4.69) is 65.8 Å². The lowest BCUT2D eigenvalue weighted by Gasteiger charge is -2.40. The average molecular weight is 352 g/mol. The zero-order valence-electron chi connectivity index (χ0n) is 15.6. The fraction of sp³-hybridized carbons (Fsp3) is 0.722. The summed E-state index contributed by atoms with van der Waals surface area (Å²) in [5, 5.41) is 9.03. The van der Waals surface area contributed by atoms with Crippen LogP contribution in [-0.4, -0.2) is 68.1 Å². The van der Waals surface area contributed by atoms with Crippen molar-refractivity contribution in [3.05, 3.63) is 22.4 Å². The van der Waals surface area contributed by atoms with Gasteiger partial charge in [0.2, 0.25) is 0 Å². The van der Waals surface area contributed by atoms with Crippen LogP contribution in [0.15, 0.2) is 22.5 Å². The Morgan fingerprint density at radius 3 is 2.58 bits per heavy atom. The van der Waals surface area contributed by atoms with Crippen LogP contribution in [0.4, 0.5) is 0 Å². The first-order valence-corrected chi connectivity index (χ1v) is 9.95. The van der Waals surface area contributed by atoms with E-state index in [-0.39, 0.29) is 0 Å². The van der Waals surface area contributed by atoms with Crippen molar-refractivity contribution in [1.82, 2.24) is 20.4 Å². The highest BCUT2D eigenvalue weighted by Crippen LogP contribution is 2.13. The average Bonchev–Trinajstić information content (AvgIpc) is 3.07. The normalized spacial score (nSPS) is 18.8. The van der Waals surface area contributed by atoms with Crippen molar-refractivity contribution < 1.29 is 0 Å². The van der Waals surface area contributed by atoms with E-state index in [1.54, 1.807) is 11.3 Å². The topological polar surface area (TPSA) is 42.9 Å². The number of piperazine rings is 1. The number of aliphatic imine (C=N–C) groups is 1. The summed E-state index contributed by atoms with van der Waals surface area (Å²) in [5.74, 6) is 1.55. The molecule has 2 heterocycles. The van der Waals surface area contributed by atoms with Crippen molar-refractivity contribution in [2.75, 3.05) is 46.3 Å². The highest BCUT2D eigenvalue weighted by Gasteiger charge is 2.24. The van der Waals surface area contributed by atoms with E-state index in [4.69, 9.17) is 4.99 Å². The van der Waals surface area contributed by atoms with Crippen molar-refractivity contribution in [3.63, 3.8) is 0 Å². The van der Waals surface area contributed by atoms with Crippen LogP contribution in [0.25, 0.3) is 0 Å². The fourth-order valence-electron chi connectivity index (χ4n) is 3.04. The minimum absolute atomic E-state index is 0.546. The molecule has 1 aliphatic heterocycles. The maximum Gasteiger partial charge on any atom is 0.191 e. The highest BCUT2D eigenvalue weighted by molar-refractivity contribution is 7.09. The molecule has 2 rings (SSSR count). The SMILES string of the molecule is CCNC(=NCc1cccs1)NCC(C(C)C)N1CCN(C)CC1. The number of hydrogen-bond donors (Lipinski definition) is 2. The molecule has 0 aromatic carbocycles. The van der Waals surface area contributed by atoms with Gasteiger partial charge in [-0.2, -0.15) is 0 Å². The summed E-state index contributed by atoms with van der Waals surface area (Å²) < 4.78 is 0. The maximum atomic E-state index is 4.72. The smallest absolute Gasteiger partial charge is 0.191 e. The van der Waals surface area contributed by atoms with E-state index >= 15 is 0 Å². The summed E-state index contributed by atoms with van der Waals surface area (Å²) in [7, 11) is 2.21. The van der Waals surface area contributed by atoms with Gasteiger partial charge in [-0.25, -0.2) is 4.99 Å². The van der Waals surface area contributed by atoms with Gasteiger partial charge >= 0.3 is 0 Å². The summed E-state index contributed by atoms with van der Waals surface area (Å²) in [6.07, 6.45) is 0. The minimum Gasteiger partial charge on any atom is -0.357 e. The Morgan fingerprint density at radius 2 is 2.00 bits per heavy atom. The first kappa shape index (κ1) is 19.2. The van der Waals surface area contributed by atoms with Gasteiger partial charge in [-0.15, -0.1) is 11.3 Å². The van der Waals surface area contributed by atoms with Gasteiger partial charge in [-0.3, -0.25) is 4.90 Å². The minimum atomic E-state index is 0.546. The molecule has 0 amide bonds. The Bertz CT molecular complexity index is 478.